The highest BCUT2D eigenvalue weighted by Crippen LogP contribution is 2.38. The van der Waals surface area contributed by atoms with E-state index in [0.717, 1.165) is 11.1 Å². The number of hydrogen-bond donors (Lipinski definition) is 3. The van der Waals surface area contributed by atoms with E-state index in [-0.39, 0.29) is 12.2 Å². The van der Waals surface area contributed by atoms with Gasteiger partial charge in [0.25, 0.3) is 0 Å². The standard InChI is InChI=1S/C20H26FN3O4/c1-22-20(23-10-13-5-6-16(21)15(7-13)12-25)24-11-14-8-17(26-2)19(28-4)18(9-14)27-3/h5-9,25H,10-12H2,1-4H3,(H2,22,23,24). The molecule has 0 radical (unpaired) electrons. The van der Waals surface area contributed by atoms with Gasteiger partial charge in [0, 0.05) is 25.7 Å². The molecule has 0 saturated carbocycles. The number of ether oxygens (including phenoxy) is 3. The van der Waals surface area contributed by atoms with E-state index in [1.165, 1.54) is 6.07 Å². The predicted molar refractivity (Wildman–Crippen MR) is 105 cm³/mol. The fourth-order valence-electron chi connectivity index (χ4n) is 2.69. The van der Waals surface area contributed by atoms with Gasteiger partial charge in [0.2, 0.25) is 5.75 Å². The SMILES string of the molecule is CN=C(NCc1ccc(F)c(CO)c1)NCc1cc(OC)c(OC)c(OC)c1. The molecule has 0 spiro atoms. The van der Waals surface area contributed by atoms with Gasteiger partial charge < -0.3 is 30.0 Å². The summed E-state index contributed by atoms with van der Waals surface area (Å²) >= 11 is 0. The molecule has 8 heteroatoms. The Morgan fingerprint density at radius 3 is 2.07 bits per heavy atom. The van der Waals surface area contributed by atoms with Crippen LogP contribution >= 0.6 is 0 Å². The second-order valence-corrected chi connectivity index (χ2v) is 5.90. The summed E-state index contributed by atoms with van der Waals surface area (Å²) < 4.78 is 29.5. The Balaban J connectivity index is 2.02. The molecule has 0 unspecified atom stereocenters. The first-order chi connectivity index (χ1) is 13.6. The Morgan fingerprint density at radius 1 is 0.964 bits per heavy atom. The molecule has 0 amide bonds. The number of nitrogens with one attached hydrogen (secondary N) is 2. The van der Waals surface area contributed by atoms with Gasteiger partial charge in [-0.15, -0.1) is 0 Å². The summed E-state index contributed by atoms with van der Waals surface area (Å²) in [7, 11) is 6.35. The van der Waals surface area contributed by atoms with Crippen LogP contribution in [-0.2, 0) is 19.7 Å². The molecule has 0 fully saturated rings. The van der Waals surface area contributed by atoms with E-state index in [2.05, 4.69) is 15.6 Å². The number of nitrogens with zero attached hydrogens (tertiary/aromatic N) is 1. The van der Waals surface area contributed by atoms with Crippen molar-refractivity contribution in [2.75, 3.05) is 28.4 Å². The van der Waals surface area contributed by atoms with Crippen LogP contribution in [-0.4, -0.2) is 39.4 Å². The normalized spacial score (nSPS) is 11.1. The van der Waals surface area contributed by atoms with E-state index in [9.17, 15) is 9.50 Å². The maximum absolute atomic E-state index is 13.5. The summed E-state index contributed by atoms with van der Waals surface area (Å²) in [5.74, 6) is 1.83. The van der Waals surface area contributed by atoms with Gasteiger partial charge in [-0.25, -0.2) is 4.39 Å². The average molecular weight is 391 g/mol. The summed E-state index contributed by atoms with van der Waals surface area (Å²) in [5.41, 5.74) is 2.02. The maximum atomic E-state index is 13.5. The lowest BCUT2D eigenvalue weighted by atomic mass is 10.1. The zero-order valence-corrected chi connectivity index (χ0v) is 16.5. The number of benzene rings is 2. The highest BCUT2D eigenvalue weighted by molar-refractivity contribution is 5.79. The molecule has 0 aliphatic rings. The van der Waals surface area contributed by atoms with Gasteiger partial charge in [-0.2, -0.15) is 0 Å². The van der Waals surface area contributed by atoms with Gasteiger partial charge in [0.15, 0.2) is 17.5 Å². The fourth-order valence-corrected chi connectivity index (χ4v) is 2.69. The molecule has 0 saturated heterocycles. The summed E-state index contributed by atoms with van der Waals surface area (Å²) in [6, 6.07) is 8.34. The van der Waals surface area contributed by atoms with Crippen LogP contribution in [0.5, 0.6) is 17.2 Å². The first-order valence-electron chi connectivity index (χ1n) is 8.67. The second-order valence-electron chi connectivity index (χ2n) is 5.90. The van der Waals surface area contributed by atoms with Crippen LogP contribution in [0.4, 0.5) is 4.39 Å². The zero-order chi connectivity index (χ0) is 20.5. The fraction of sp³-hybridized carbons (Fsp3) is 0.350. The van der Waals surface area contributed by atoms with E-state index < -0.39 is 5.82 Å². The van der Waals surface area contributed by atoms with Gasteiger partial charge in [0.1, 0.15) is 5.82 Å². The van der Waals surface area contributed by atoms with Crippen LogP contribution < -0.4 is 24.8 Å². The van der Waals surface area contributed by atoms with Crippen LogP contribution in [0.2, 0.25) is 0 Å². The number of aliphatic imine (C=N–C) groups is 1. The highest BCUT2D eigenvalue weighted by atomic mass is 19.1. The number of methoxy groups -OCH3 is 3. The first-order valence-corrected chi connectivity index (χ1v) is 8.67. The number of rotatable bonds is 8. The Labute approximate surface area is 164 Å². The quantitative estimate of drug-likeness (QED) is 0.473. The van der Waals surface area contributed by atoms with Crippen molar-refractivity contribution in [3.63, 3.8) is 0 Å². The highest BCUT2D eigenvalue weighted by Gasteiger charge is 2.13. The summed E-state index contributed by atoms with van der Waals surface area (Å²) in [4.78, 5) is 4.18. The lowest BCUT2D eigenvalue weighted by Crippen LogP contribution is -2.36. The second kappa shape index (κ2) is 10.4. The Kier molecular flexibility index (Phi) is 7.88. The van der Waals surface area contributed by atoms with Crippen molar-refractivity contribution in [2.24, 2.45) is 4.99 Å². The molecular weight excluding hydrogens is 365 g/mol. The Hall–Kier alpha value is -3.00. The van der Waals surface area contributed by atoms with Crippen molar-refractivity contribution < 1.29 is 23.7 Å². The van der Waals surface area contributed by atoms with E-state index in [1.807, 2.05) is 12.1 Å². The van der Waals surface area contributed by atoms with Crippen molar-refractivity contribution in [2.45, 2.75) is 19.7 Å². The summed E-state index contributed by atoms with van der Waals surface area (Å²) in [5, 5.41) is 15.5. The van der Waals surface area contributed by atoms with Crippen LogP contribution in [0, 0.1) is 5.82 Å². The maximum Gasteiger partial charge on any atom is 0.203 e. The number of aliphatic hydroxyl groups is 1. The van der Waals surface area contributed by atoms with Crippen LogP contribution in [0.1, 0.15) is 16.7 Å². The molecule has 0 aliphatic heterocycles. The number of halogens is 1. The van der Waals surface area contributed by atoms with Crippen LogP contribution in [0.15, 0.2) is 35.3 Å². The molecule has 152 valence electrons. The van der Waals surface area contributed by atoms with Crippen molar-refractivity contribution in [1.29, 1.82) is 0 Å². The van der Waals surface area contributed by atoms with Gasteiger partial charge >= 0.3 is 0 Å². The molecule has 28 heavy (non-hydrogen) atoms. The van der Waals surface area contributed by atoms with Crippen molar-refractivity contribution in [3.8, 4) is 17.2 Å². The molecule has 3 N–H and O–H groups in total. The third-order valence-electron chi connectivity index (χ3n) is 4.15. The van der Waals surface area contributed by atoms with E-state index in [1.54, 1.807) is 40.5 Å². The molecular formula is C20H26FN3O4. The van der Waals surface area contributed by atoms with Gasteiger partial charge in [0.05, 0.1) is 27.9 Å². The first kappa shape index (κ1) is 21.3. The van der Waals surface area contributed by atoms with E-state index >= 15 is 0 Å². The van der Waals surface area contributed by atoms with Gasteiger partial charge in [-0.3, -0.25) is 4.99 Å². The Morgan fingerprint density at radius 2 is 1.57 bits per heavy atom. The molecule has 0 bridgehead atoms. The molecule has 2 aromatic carbocycles. The van der Waals surface area contributed by atoms with Crippen LogP contribution in [0.3, 0.4) is 0 Å². The average Bonchev–Trinajstić information content (AvgIpc) is 2.73. The smallest absolute Gasteiger partial charge is 0.203 e. The molecule has 7 nitrogen and oxygen atoms in total. The number of aliphatic hydroxyl groups excluding tert-OH is 1. The molecule has 0 aromatic heterocycles. The number of guanidine groups is 1. The van der Waals surface area contributed by atoms with Crippen LogP contribution in [0.25, 0.3) is 0 Å². The summed E-state index contributed by atoms with van der Waals surface area (Å²) in [6.45, 7) is 0.567. The molecule has 0 heterocycles. The molecule has 0 aliphatic carbocycles. The minimum Gasteiger partial charge on any atom is -0.493 e. The monoisotopic (exact) mass is 391 g/mol. The van der Waals surface area contributed by atoms with Gasteiger partial charge in [-0.1, -0.05) is 6.07 Å². The van der Waals surface area contributed by atoms with Crippen molar-refractivity contribution in [3.05, 3.63) is 52.8 Å². The summed E-state index contributed by atoms with van der Waals surface area (Å²) in [6.07, 6.45) is 0. The molecule has 0 atom stereocenters. The van der Waals surface area contributed by atoms with Crippen molar-refractivity contribution >= 4 is 5.96 Å². The largest absolute Gasteiger partial charge is 0.493 e. The van der Waals surface area contributed by atoms with Crippen molar-refractivity contribution in [1.82, 2.24) is 10.6 Å². The topological polar surface area (TPSA) is 84.3 Å². The minimum atomic E-state index is -0.420. The third-order valence-corrected chi connectivity index (χ3v) is 4.15. The lowest BCUT2D eigenvalue weighted by Gasteiger charge is -2.16. The minimum absolute atomic E-state index is 0.264. The third kappa shape index (κ3) is 5.26. The lowest BCUT2D eigenvalue weighted by molar-refractivity contribution is 0.275. The molecule has 2 rings (SSSR count). The number of hydrogen-bond acceptors (Lipinski definition) is 5. The predicted octanol–water partition coefficient (Wildman–Crippen LogP) is 2.21. The van der Waals surface area contributed by atoms with E-state index in [0.29, 0.717) is 36.3 Å². The molecule has 2 aromatic rings. The van der Waals surface area contributed by atoms with Gasteiger partial charge in [-0.05, 0) is 35.4 Å². The van der Waals surface area contributed by atoms with E-state index in [4.69, 9.17) is 14.2 Å². The zero-order valence-electron chi connectivity index (χ0n) is 16.5. The Bertz CT molecular complexity index is 802.